The van der Waals surface area contributed by atoms with Crippen LogP contribution in [0.25, 0.3) is 0 Å². The summed E-state index contributed by atoms with van der Waals surface area (Å²) >= 11 is 3.55. The third-order valence-corrected chi connectivity index (χ3v) is 3.81. The molecule has 1 fully saturated rings. The van der Waals surface area contributed by atoms with E-state index in [4.69, 9.17) is 0 Å². The van der Waals surface area contributed by atoms with E-state index in [0.717, 1.165) is 17.7 Å². The zero-order valence-electron chi connectivity index (χ0n) is 9.20. The van der Waals surface area contributed by atoms with Gasteiger partial charge in [0.15, 0.2) is 0 Å². The van der Waals surface area contributed by atoms with Crippen LogP contribution in [0.15, 0.2) is 18.3 Å². The summed E-state index contributed by atoms with van der Waals surface area (Å²) in [5, 5.41) is 0.950. The highest BCUT2D eigenvalue weighted by Gasteiger charge is 2.20. The molecule has 0 N–H and O–H groups in total. The highest BCUT2D eigenvalue weighted by molar-refractivity contribution is 9.09. The van der Waals surface area contributed by atoms with Gasteiger partial charge in [-0.3, -0.25) is 0 Å². The predicted molar refractivity (Wildman–Crippen MR) is 67.6 cm³/mol. The molecule has 1 saturated heterocycles. The molecule has 1 aromatic heterocycles. The average Bonchev–Trinajstić information content (AvgIpc) is 2.55. The standard InChI is InChI=1S/C12H16BrFN2/c13-8-11-4-2-1-3-7-16(11)12-6-5-10(14)9-15-12/h5-6,9,11H,1-4,7-8H2. The summed E-state index contributed by atoms with van der Waals surface area (Å²) in [4.78, 5) is 6.46. The maximum Gasteiger partial charge on any atom is 0.141 e. The fourth-order valence-electron chi connectivity index (χ4n) is 2.18. The zero-order chi connectivity index (χ0) is 11.4. The normalized spacial score (nSPS) is 21.9. The van der Waals surface area contributed by atoms with E-state index in [2.05, 4.69) is 25.8 Å². The number of hydrogen-bond acceptors (Lipinski definition) is 2. The maximum absolute atomic E-state index is 12.8. The van der Waals surface area contributed by atoms with Crippen molar-refractivity contribution < 1.29 is 4.39 Å². The van der Waals surface area contributed by atoms with Gasteiger partial charge in [0.05, 0.1) is 6.20 Å². The number of nitrogens with zero attached hydrogens (tertiary/aromatic N) is 2. The van der Waals surface area contributed by atoms with Gasteiger partial charge in [0, 0.05) is 17.9 Å². The Hall–Kier alpha value is -0.640. The molecule has 1 atom stereocenters. The van der Waals surface area contributed by atoms with Crippen LogP contribution in [0.3, 0.4) is 0 Å². The Labute approximate surface area is 104 Å². The number of halogens is 2. The number of hydrogen-bond donors (Lipinski definition) is 0. The van der Waals surface area contributed by atoms with Crippen LogP contribution in [0.5, 0.6) is 0 Å². The summed E-state index contributed by atoms with van der Waals surface area (Å²) in [7, 11) is 0. The molecule has 2 nitrogen and oxygen atoms in total. The average molecular weight is 287 g/mol. The smallest absolute Gasteiger partial charge is 0.141 e. The molecule has 0 radical (unpaired) electrons. The van der Waals surface area contributed by atoms with Crippen LogP contribution < -0.4 is 4.90 Å². The summed E-state index contributed by atoms with van der Waals surface area (Å²) in [5.74, 6) is 0.627. The van der Waals surface area contributed by atoms with Crippen molar-refractivity contribution in [3.8, 4) is 0 Å². The highest BCUT2D eigenvalue weighted by Crippen LogP contribution is 2.23. The highest BCUT2D eigenvalue weighted by atomic mass is 79.9. The van der Waals surface area contributed by atoms with Crippen LogP contribution in [-0.2, 0) is 0 Å². The van der Waals surface area contributed by atoms with Crippen molar-refractivity contribution in [2.45, 2.75) is 31.7 Å². The van der Waals surface area contributed by atoms with E-state index in [9.17, 15) is 4.39 Å². The molecule has 2 rings (SSSR count). The molecule has 0 spiro atoms. The van der Waals surface area contributed by atoms with Gasteiger partial charge in [-0.15, -0.1) is 0 Å². The first-order chi connectivity index (χ1) is 7.81. The van der Waals surface area contributed by atoms with Gasteiger partial charge in [-0.25, -0.2) is 9.37 Å². The van der Waals surface area contributed by atoms with Crippen molar-refractivity contribution in [2.75, 3.05) is 16.8 Å². The minimum absolute atomic E-state index is 0.269. The maximum atomic E-state index is 12.8. The lowest BCUT2D eigenvalue weighted by Crippen LogP contribution is -2.36. The first-order valence-electron chi connectivity index (χ1n) is 5.75. The molecule has 0 bridgehead atoms. The molecule has 1 aromatic rings. The molecule has 1 aliphatic heterocycles. The second kappa shape index (κ2) is 5.62. The Morgan fingerprint density at radius 2 is 2.25 bits per heavy atom. The number of alkyl halides is 1. The second-order valence-electron chi connectivity index (χ2n) is 4.19. The molecule has 16 heavy (non-hydrogen) atoms. The Bertz CT molecular complexity index is 328. The van der Waals surface area contributed by atoms with Crippen LogP contribution >= 0.6 is 15.9 Å². The van der Waals surface area contributed by atoms with Crippen LogP contribution in [0, 0.1) is 5.82 Å². The van der Waals surface area contributed by atoms with Gasteiger partial charge in [0.2, 0.25) is 0 Å². The summed E-state index contributed by atoms with van der Waals surface area (Å²) in [6.45, 7) is 1.02. The quantitative estimate of drug-likeness (QED) is 0.775. The van der Waals surface area contributed by atoms with Gasteiger partial charge in [-0.05, 0) is 25.0 Å². The summed E-state index contributed by atoms with van der Waals surface area (Å²) in [6.07, 6.45) is 6.23. The van der Waals surface area contributed by atoms with E-state index >= 15 is 0 Å². The van der Waals surface area contributed by atoms with Crippen LogP contribution in [0.2, 0.25) is 0 Å². The number of aromatic nitrogens is 1. The van der Waals surface area contributed by atoms with Gasteiger partial charge < -0.3 is 4.90 Å². The molecule has 0 amide bonds. The Kier molecular flexibility index (Phi) is 4.16. The Morgan fingerprint density at radius 3 is 2.94 bits per heavy atom. The first-order valence-corrected chi connectivity index (χ1v) is 6.87. The lowest BCUT2D eigenvalue weighted by atomic mass is 10.1. The zero-order valence-corrected chi connectivity index (χ0v) is 10.8. The molecule has 88 valence electrons. The molecule has 2 heterocycles. The van der Waals surface area contributed by atoms with Crippen LogP contribution in [0.4, 0.5) is 10.2 Å². The van der Waals surface area contributed by atoms with E-state index < -0.39 is 0 Å². The van der Waals surface area contributed by atoms with Crippen molar-refractivity contribution in [1.82, 2.24) is 4.98 Å². The van der Waals surface area contributed by atoms with E-state index in [1.165, 1.54) is 37.9 Å². The molecule has 4 heteroatoms. The van der Waals surface area contributed by atoms with Gasteiger partial charge in [0.1, 0.15) is 11.6 Å². The fraction of sp³-hybridized carbons (Fsp3) is 0.583. The first kappa shape index (κ1) is 11.8. The number of rotatable bonds is 2. The van der Waals surface area contributed by atoms with Crippen molar-refractivity contribution >= 4 is 21.7 Å². The van der Waals surface area contributed by atoms with E-state index in [1.54, 1.807) is 6.07 Å². The summed E-state index contributed by atoms with van der Waals surface area (Å²) in [6, 6.07) is 3.75. The van der Waals surface area contributed by atoms with Crippen LogP contribution in [-0.4, -0.2) is 22.9 Å². The molecule has 0 aliphatic carbocycles. The predicted octanol–water partition coefficient (Wildman–Crippen LogP) is 3.36. The summed E-state index contributed by atoms with van der Waals surface area (Å²) in [5.41, 5.74) is 0. The van der Waals surface area contributed by atoms with Gasteiger partial charge >= 0.3 is 0 Å². The van der Waals surface area contributed by atoms with Crippen LogP contribution in [0.1, 0.15) is 25.7 Å². The largest absolute Gasteiger partial charge is 0.353 e. The molecule has 1 unspecified atom stereocenters. The molecular weight excluding hydrogens is 271 g/mol. The molecule has 0 aromatic carbocycles. The van der Waals surface area contributed by atoms with E-state index in [-0.39, 0.29) is 5.82 Å². The minimum Gasteiger partial charge on any atom is -0.353 e. The fourth-order valence-corrected chi connectivity index (χ4v) is 2.85. The third-order valence-electron chi connectivity index (χ3n) is 3.06. The van der Waals surface area contributed by atoms with Crippen molar-refractivity contribution in [3.05, 3.63) is 24.1 Å². The third kappa shape index (κ3) is 2.73. The van der Waals surface area contributed by atoms with Gasteiger partial charge in [0.25, 0.3) is 0 Å². The van der Waals surface area contributed by atoms with E-state index in [0.29, 0.717) is 6.04 Å². The monoisotopic (exact) mass is 286 g/mol. The SMILES string of the molecule is Fc1ccc(N2CCCCCC2CBr)nc1. The Morgan fingerprint density at radius 1 is 1.38 bits per heavy atom. The lowest BCUT2D eigenvalue weighted by Gasteiger charge is -2.29. The second-order valence-corrected chi connectivity index (χ2v) is 4.83. The van der Waals surface area contributed by atoms with E-state index in [1.807, 2.05) is 0 Å². The van der Waals surface area contributed by atoms with Crippen molar-refractivity contribution in [3.63, 3.8) is 0 Å². The van der Waals surface area contributed by atoms with Crippen molar-refractivity contribution in [1.29, 1.82) is 0 Å². The molecule has 0 saturated carbocycles. The number of anilines is 1. The molecule has 1 aliphatic rings. The van der Waals surface area contributed by atoms with Crippen molar-refractivity contribution in [2.24, 2.45) is 0 Å². The lowest BCUT2D eigenvalue weighted by molar-refractivity contribution is 0.607. The Balaban J connectivity index is 2.18. The molecular formula is C12H16BrFN2. The van der Waals surface area contributed by atoms with Gasteiger partial charge in [-0.1, -0.05) is 28.8 Å². The van der Waals surface area contributed by atoms with Gasteiger partial charge in [-0.2, -0.15) is 0 Å². The topological polar surface area (TPSA) is 16.1 Å². The number of pyridine rings is 1. The summed E-state index contributed by atoms with van der Waals surface area (Å²) < 4.78 is 12.8. The minimum atomic E-state index is -0.269.